The summed E-state index contributed by atoms with van der Waals surface area (Å²) in [7, 11) is 0. The van der Waals surface area contributed by atoms with Crippen molar-refractivity contribution in [1.82, 2.24) is 16.0 Å². The highest BCUT2D eigenvalue weighted by atomic mass is 16.4. The van der Waals surface area contributed by atoms with Gasteiger partial charge in [-0.1, -0.05) is 27.7 Å². The molecule has 1 unspecified atom stereocenters. The van der Waals surface area contributed by atoms with Crippen molar-refractivity contribution in [2.75, 3.05) is 19.6 Å². The Morgan fingerprint density at radius 1 is 0.952 bits per heavy atom. The van der Waals surface area contributed by atoms with Crippen LogP contribution in [0.25, 0.3) is 0 Å². The van der Waals surface area contributed by atoms with E-state index in [1.165, 1.54) is 0 Å². The molecule has 0 fully saturated rings. The Kier molecular flexibility index (Phi) is 9.16. The van der Waals surface area contributed by atoms with Gasteiger partial charge in [-0.05, 0) is 11.8 Å². The summed E-state index contributed by atoms with van der Waals surface area (Å²) >= 11 is 0. The Labute approximate surface area is 125 Å². The normalized spacial score (nSPS) is 12.1. The largest absolute Gasteiger partial charge is 0.481 e. The van der Waals surface area contributed by atoms with E-state index in [0.717, 1.165) is 0 Å². The number of hydrogen-bond donors (Lipinski definition) is 4. The van der Waals surface area contributed by atoms with Crippen molar-refractivity contribution in [3.05, 3.63) is 0 Å². The molecule has 0 heterocycles. The van der Waals surface area contributed by atoms with E-state index in [2.05, 4.69) is 16.0 Å². The monoisotopic (exact) mass is 301 g/mol. The number of urea groups is 1. The van der Waals surface area contributed by atoms with Gasteiger partial charge < -0.3 is 21.1 Å². The average Bonchev–Trinajstić information content (AvgIpc) is 2.35. The predicted molar refractivity (Wildman–Crippen MR) is 79.8 cm³/mol. The third kappa shape index (κ3) is 9.70. The summed E-state index contributed by atoms with van der Waals surface area (Å²) in [5, 5.41) is 16.8. The minimum Gasteiger partial charge on any atom is -0.481 e. The lowest BCUT2D eigenvalue weighted by Crippen LogP contribution is -2.42. The van der Waals surface area contributed by atoms with Gasteiger partial charge in [0.1, 0.15) is 0 Å². The first-order chi connectivity index (χ1) is 9.73. The van der Waals surface area contributed by atoms with E-state index in [1.807, 2.05) is 13.8 Å². The predicted octanol–water partition coefficient (Wildman–Crippen LogP) is 0.805. The van der Waals surface area contributed by atoms with Crippen LogP contribution in [0.5, 0.6) is 0 Å². The molecule has 21 heavy (non-hydrogen) atoms. The van der Waals surface area contributed by atoms with Crippen molar-refractivity contribution < 1.29 is 19.5 Å². The summed E-state index contributed by atoms with van der Waals surface area (Å²) < 4.78 is 0. The highest BCUT2D eigenvalue weighted by Crippen LogP contribution is 2.09. The highest BCUT2D eigenvalue weighted by Gasteiger charge is 2.21. The van der Waals surface area contributed by atoms with Gasteiger partial charge >= 0.3 is 12.0 Å². The van der Waals surface area contributed by atoms with Crippen LogP contribution in [0, 0.1) is 17.8 Å². The molecule has 4 N–H and O–H groups in total. The number of nitrogens with one attached hydrogen (secondary N) is 3. The molecule has 0 rings (SSSR count). The van der Waals surface area contributed by atoms with Gasteiger partial charge in [-0.3, -0.25) is 9.59 Å². The van der Waals surface area contributed by atoms with E-state index >= 15 is 0 Å². The molecule has 0 spiro atoms. The fourth-order valence-electron chi connectivity index (χ4n) is 1.57. The van der Waals surface area contributed by atoms with Crippen LogP contribution in [-0.4, -0.2) is 42.6 Å². The van der Waals surface area contributed by atoms with E-state index in [-0.39, 0.29) is 31.3 Å². The molecule has 122 valence electrons. The summed E-state index contributed by atoms with van der Waals surface area (Å²) in [5.41, 5.74) is 0. The summed E-state index contributed by atoms with van der Waals surface area (Å²) in [6.45, 7) is 8.47. The maximum atomic E-state index is 11.5. The van der Waals surface area contributed by atoms with Gasteiger partial charge in [0, 0.05) is 26.1 Å². The molecule has 0 saturated carbocycles. The molecular weight excluding hydrogens is 274 g/mol. The Morgan fingerprint density at radius 2 is 1.57 bits per heavy atom. The summed E-state index contributed by atoms with van der Waals surface area (Å²) in [6.07, 6.45) is 0.201. The molecule has 0 aliphatic heterocycles. The Hall–Kier alpha value is -1.79. The molecule has 1 atom stereocenters. The lowest BCUT2D eigenvalue weighted by molar-refractivity contribution is -0.142. The maximum Gasteiger partial charge on any atom is 0.314 e. The van der Waals surface area contributed by atoms with Gasteiger partial charge in [-0.25, -0.2) is 4.79 Å². The quantitative estimate of drug-likeness (QED) is 0.505. The van der Waals surface area contributed by atoms with Crippen LogP contribution in [0.4, 0.5) is 4.79 Å². The molecule has 0 saturated heterocycles. The van der Waals surface area contributed by atoms with E-state index in [9.17, 15) is 14.4 Å². The number of carboxylic acid groups (broad SMARTS) is 1. The zero-order valence-corrected chi connectivity index (χ0v) is 13.2. The fourth-order valence-corrected chi connectivity index (χ4v) is 1.57. The van der Waals surface area contributed by atoms with Crippen molar-refractivity contribution in [2.24, 2.45) is 17.8 Å². The topological polar surface area (TPSA) is 108 Å². The summed E-state index contributed by atoms with van der Waals surface area (Å²) in [5.74, 6) is -1.35. The molecule has 3 amide bonds. The Morgan fingerprint density at radius 3 is 2.05 bits per heavy atom. The molecule has 0 aliphatic rings. The number of hydrogen-bond acceptors (Lipinski definition) is 3. The van der Waals surface area contributed by atoms with E-state index in [1.54, 1.807) is 13.8 Å². The second-order valence-corrected chi connectivity index (χ2v) is 5.77. The zero-order valence-electron chi connectivity index (χ0n) is 13.2. The van der Waals surface area contributed by atoms with Crippen molar-refractivity contribution in [1.29, 1.82) is 0 Å². The molecule has 0 radical (unpaired) electrons. The smallest absolute Gasteiger partial charge is 0.314 e. The van der Waals surface area contributed by atoms with Crippen LogP contribution >= 0.6 is 0 Å². The molecule has 7 nitrogen and oxygen atoms in total. The average molecular weight is 301 g/mol. The third-order valence-electron chi connectivity index (χ3n) is 2.95. The molecular formula is C14H27N3O4. The number of carbonyl (C=O) groups is 3. The Balaban J connectivity index is 3.85. The molecule has 0 aromatic rings. The number of carbonyl (C=O) groups excluding carboxylic acids is 2. The molecule has 0 aromatic heterocycles. The molecule has 7 heteroatoms. The Bertz CT molecular complexity index is 356. The minimum absolute atomic E-state index is 0.0652. The fraction of sp³-hybridized carbons (Fsp3) is 0.786. The third-order valence-corrected chi connectivity index (χ3v) is 2.95. The van der Waals surface area contributed by atoms with E-state index in [4.69, 9.17) is 5.11 Å². The SMILES string of the molecule is CC(C)CNC(=O)CCNC(=O)NCC(C(=O)O)C(C)C. The van der Waals surface area contributed by atoms with Crippen LogP contribution < -0.4 is 16.0 Å². The minimum atomic E-state index is -0.932. The zero-order chi connectivity index (χ0) is 16.4. The number of aliphatic carboxylic acids is 1. The second-order valence-electron chi connectivity index (χ2n) is 5.77. The molecule has 0 aromatic carbocycles. The molecule has 0 bridgehead atoms. The number of rotatable bonds is 9. The standard InChI is InChI=1S/C14H27N3O4/c1-9(2)7-16-12(18)5-6-15-14(21)17-8-11(10(3)4)13(19)20/h9-11H,5-8H2,1-4H3,(H,16,18)(H,19,20)(H2,15,17,21). The highest BCUT2D eigenvalue weighted by molar-refractivity contribution is 5.78. The number of amides is 3. The van der Waals surface area contributed by atoms with Crippen LogP contribution in [0.15, 0.2) is 0 Å². The van der Waals surface area contributed by atoms with Gasteiger partial charge in [0.05, 0.1) is 5.92 Å². The lowest BCUT2D eigenvalue weighted by Gasteiger charge is -2.17. The lowest BCUT2D eigenvalue weighted by atomic mass is 9.96. The van der Waals surface area contributed by atoms with Gasteiger partial charge in [0.2, 0.25) is 5.91 Å². The number of carboxylic acids is 1. The van der Waals surface area contributed by atoms with Crippen molar-refractivity contribution >= 4 is 17.9 Å². The van der Waals surface area contributed by atoms with Crippen LogP contribution in [0.1, 0.15) is 34.1 Å². The first-order valence-corrected chi connectivity index (χ1v) is 7.25. The summed E-state index contributed by atoms with van der Waals surface area (Å²) in [4.78, 5) is 33.9. The van der Waals surface area contributed by atoms with Crippen molar-refractivity contribution in [3.8, 4) is 0 Å². The van der Waals surface area contributed by atoms with E-state index < -0.39 is 17.9 Å². The van der Waals surface area contributed by atoms with Gasteiger partial charge in [-0.15, -0.1) is 0 Å². The van der Waals surface area contributed by atoms with Crippen LogP contribution in [0.2, 0.25) is 0 Å². The van der Waals surface area contributed by atoms with Gasteiger partial charge in [-0.2, -0.15) is 0 Å². The van der Waals surface area contributed by atoms with Crippen LogP contribution in [-0.2, 0) is 9.59 Å². The first kappa shape index (κ1) is 19.2. The first-order valence-electron chi connectivity index (χ1n) is 7.25. The van der Waals surface area contributed by atoms with Crippen LogP contribution in [0.3, 0.4) is 0 Å². The van der Waals surface area contributed by atoms with E-state index in [0.29, 0.717) is 12.5 Å². The molecule has 0 aliphatic carbocycles. The van der Waals surface area contributed by atoms with Gasteiger partial charge in [0.25, 0.3) is 0 Å². The van der Waals surface area contributed by atoms with Crippen molar-refractivity contribution in [3.63, 3.8) is 0 Å². The summed E-state index contributed by atoms with van der Waals surface area (Å²) in [6, 6.07) is -0.460. The second kappa shape index (κ2) is 10.0. The van der Waals surface area contributed by atoms with Gasteiger partial charge in [0.15, 0.2) is 0 Å². The van der Waals surface area contributed by atoms with Crippen molar-refractivity contribution in [2.45, 2.75) is 34.1 Å². The maximum absolute atomic E-state index is 11.5.